The molecule has 0 unspecified atom stereocenters. The number of hydrogen-bond acceptors (Lipinski definition) is 4. The Bertz CT molecular complexity index is 174. The molecule has 4 heteroatoms. The summed E-state index contributed by atoms with van der Waals surface area (Å²) in [6, 6.07) is 0.781. The Hall–Kier alpha value is -0.160. The van der Waals surface area contributed by atoms with Gasteiger partial charge in [-0.25, -0.2) is 0 Å². The average Bonchev–Trinajstić information content (AvgIpc) is 2.04. The van der Waals surface area contributed by atoms with Gasteiger partial charge < -0.3 is 10.4 Å². The summed E-state index contributed by atoms with van der Waals surface area (Å²) in [7, 11) is 0. The largest absolute Gasteiger partial charge is 0.392 e. The first-order valence-electron chi connectivity index (χ1n) is 5.61. The Balaban J connectivity index is 1.69. The van der Waals surface area contributed by atoms with Gasteiger partial charge in [0.25, 0.3) is 0 Å². The Morgan fingerprint density at radius 3 is 2.36 bits per heavy atom. The minimum absolute atomic E-state index is 0.188. The lowest BCUT2D eigenvalue weighted by Crippen LogP contribution is -2.61. The molecule has 1 atom stereocenters. The maximum absolute atomic E-state index is 9.27. The topological polar surface area (TPSA) is 38.7 Å². The van der Waals surface area contributed by atoms with E-state index in [1.165, 1.54) is 13.1 Å². The lowest BCUT2D eigenvalue weighted by Gasteiger charge is -2.43. The Morgan fingerprint density at radius 1 is 1.29 bits per heavy atom. The maximum Gasteiger partial charge on any atom is 0.0639 e. The molecule has 2 aliphatic heterocycles. The summed E-state index contributed by atoms with van der Waals surface area (Å²) in [5, 5.41) is 12.6. The summed E-state index contributed by atoms with van der Waals surface area (Å²) < 4.78 is 0. The van der Waals surface area contributed by atoms with Gasteiger partial charge in [-0.2, -0.15) is 0 Å². The second-order valence-corrected chi connectivity index (χ2v) is 4.50. The van der Waals surface area contributed by atoms with E-state index >= 15 is 0 Å². The molecule has 0 aromatic carbocycles. The van der Waals surface area contributed by atoms with Gasteiger partial charge in [-0.1, -0.05) is 0 Å². The molecule has 0 aromatic heterocycles. The molecule has 2 N–H and O–H groups in total. The number of β-amino-alcohol motifs (C(OH)–C–C–N with tert-alkyl or cyclic N) is 1. The van der Waals surface area contributed by atoms with Crippen molar-refractivity contribution >= 4 is 0 Å². The van der Waals surface area contributed by atoms with Crippen molar-refractivity contribution in [3.8, 4) is 0 Å². The van der Waals surface area contributed by atoms with E-state index in [9.17, 15) is 5.11 Å². The number of piperazine rings is 1. The monoisotopic (exact) mass is 199 g/mol. The molecule has 4 nitrogen and oxygen atoms in total. The highest BCUT2D eigenvalue weighted by Crippen LogP contribution is 2.09. The van der Waals surface area contributed by atoms with E-state index in [-0.39, 0.29) is 6.10 Å². The van der Waals surface area contributed by atoms with Gasteiger partial charge in [0.2, 0.25) is 0 Å². The van der Waals surface area contributed by atoms with Gasteiger partial charge in [0.05, 0.1) is 6.10 Å². The van der Waals surface area contributed by atoms with Gasteiger partial charge in [0.15, 0.2) is 0 Å². The first-order valence-corrected chi connectivity index (χ1v) is 5.61. The van der Waals surface area contributed by atoms with Crippen LogP contribution in [-0.4, -0.2) is 72.9 Å². The first-order chi connectivity index (χ1) is 6.75. The van der Waals surface area contributed by atoms with Gasteiger partial charge in [0, 0.05) is 51.9 Å². The van der Waals surface area contributed by atoms with Gasteiger partial charge in [0.1, 0.15) is 0 Å². The smallest absolute Gasteiger partial charge is 0.0639 e. The molecule has 0 spiro atoms. The second kappa shape index (κ2) is 4.57. The standard InChI is InChI=1S/C10H21N3O/c1-9(14)8-12-2-4-13(5-3-12)10-6-11-7-10/h9-11,14H,2-8H2,1H3/t9-/m0/s1. The number of hydrogen-bond donors (Lipinski definition) is 2. The predicted molar refractivity (Wildman–Crippen MR) is 56.4 cm³/mol. The van der Waals surface area contributed by atoms with E-state index in [1.54, 1.807) is 0 Å². The zero-order valence-corrected chi connectivity index (χ0v) is 8.95. The van der Waals surface area contributed by atoms with Crippen molar-refractivity contribution in [3.05, 3.63) is 0 Å². The summed E-state index contributed by atoms with van der Waals surface area (Å²) in [6.07, 6.45) is -0.188. The quantitative estimate of drug-likeness (QED) is 0.609. The van der Waals surface area contributed by atoms with Crippen LogP contribution in [0.15, 0.2) is 0 Å². The molecule has 0 saturated carbocycles. The fraction of sp³-hybridized carbons (Fsp3) is 1.00. The van der Waals surface area contributed by atoms with Crippen molar-refractivity contribution < 1.29 is 5.11 Å². The molecule has 14 heavy (non-hydrogen) atoms. The number of aliphatic hydroxyl groups excluding tert-OH is 1. The number of nitrogens with one attached hydrogen (secondary N) is 1. The van der Waals surface area contributed by atoms with E-state index in [0.29, 0.717) is 0 Å². The van der Waals surface area contributed by atoms with Crippen LogP contribution >= 0.6 is 0 Å². The van der Waals surface area contributed by atoms with E-state index in [2.05, 4.69) is 15.1 Å². The second-order valence-electron chi connectivity index (χ2n) is 4.50. The molecule has 0 aromatic rings. The van der Waals surface area contributed by atoms with Crippen molar-refractivity contribution in [2.75, 3.05) is 45.8 Å². The van der Waals surface area contributed by atoms with Gasteiger partial charge in [-0.05, 0) is 6.92 Å². The van der Waals surface area contributed by atoms with Gasteiger partial charge in [-0.15, -0.1) is 0 Å². The van der Waals surface area contributed by atoms with Crippen molar-refractivity contribution in [1.29, 1.82) is 0 Å². The van der Waals surface area contributed by atoms with Crippen molar-refractivity contribution in [3.63, 3.8) is 0 Å². The Labute approximate surface area is 85.9 Å². The third-order valence-corrected chi connectivity index (χ3v) is 3.21. The van der Waals surface area contributed by atoms with Crippen LogP contribution in [0.1, 0.15) is 6.92 Å². The zero-order valence-electron chi connectivity index (χ0n) is 8.95. The molecule has 2 fully saturated rings. The number of nitrogens with zero attached hydrogens (tertiary/aromatic N) is 2. The fourth-order valence-electron chi connectivity index (χ4n) is 2.22. The van der Waals surface area contributed by atoms with Gasteiger partial charge >= 0.3 is 0 Å². The first kappa shape index (κ1) is 10.4. The fourth-order valence-corrected chi connectivity index (χ4v) is 2.22. The summed E-state index contributed by atoms with van der Waals surface area (Å²) >= 11 is 0. The lowest BCUT2D eigenvalue weighted by molar-refractivity contribution is 0.0487. The summed E-state index contributed by atoms with van der Waals surface area (Å²) in [5.74, 6) is 0. The number of rotatable bonds is 3. The average molecular weight is 199 g/mol. The van der Waals surface area contributed by atoms with Crippen LogP contribution in [0.5, 0.6) is 0 Å². The molecule has 2 saturated heterocycles. The number of aliphatic hydroxyl groups is 1. The van der Waals surface area contributed by atoms with Crippen molar-refractivity contribution in [1.82, 2.24) is 15.1 Å². The lowest BCUT2D eigenvalue weighted by atomic mass is 10.1. The van der Waals surface area contributed by atoms with Crippen LogP contribution in [0.4, 0.5) is 0 Å². The minimum Gasteiger partial charge on any atom is -0.392 e. The molecule has 0 aliphatic carbocycles. The summed E-state index contributed by atoms with van der Waals surface area (Å²) in [6.45, 7) is 9.58. The molecule has 0 amide bonds. The molecule has 2 heterocycles. The van der Waals surface area contributed by atoms with Crippen LogP contribution in [0.3, 0.4) is 0 Å². The Kier molecular flexibility index (Phi) is 3.38. The molecule has 82 valence electrons. The van der Waals surface area contributed by atoms with Crippen molar-refractivity contribution in [2.24, 2.45) is 0 Å². The van der Waals surface area contributed by atoms with E-state index in [4.69, 9.17) is 0 Å². The minimum atomic E-state index is -0.188. The zero-order chi connectivity index (χ0) is 9.97. The highest BCUT2D eigenvalue weighted by atomic mass is 16.3. The highest BCUT2D eigenvalue weighted by molar-refractivity contribution is 4.87. The van der Waals surface area contributed by atoms with Crippen LogP contribution in [-0.2, 0) is 0 Å². The maximum atomic E-state index is 9.27. The molecule has 0 bridgehead atoms. The normalized spacial score (nSPS) is 28.7. The van der Waals surface area contributed by atoms with E-state index in [1.807, 2.05) is 6.92 Å². The summed E-state index contributed by atoms with van der Waals surface area (Å²) in [5.41, 5.74) is 0. The van der Waals surface area contributed by atoms with Crippen LogP contribution in [0.2, 0.25) is 0 Å². The van der Waals surface area contributed by atoms with Crippen molar-refractivity contribution in [2.45, 2.75) is 19.1 Å². The molecule has 2 rings (SSSR count). The van der Waals surface area contributed by atoms with Gasteiger partial charge in [-0.3, -0.25) is 9.80 Å². The third kappa shape index (κ3) is 2.45. The Morgan fingerprint density at radius 2 is 1.93 bits per heavy atom. The molecule has 0 radical (unpaired) electrons. The highest BCUT2D eigenvalue weighted by Gasteiger charge is 2.27. The molecular formula is C10H21N3O. The van der Waals surface area contributed by atoms with Crippen LogP contribution in [0, 0.1) is 0 Å². The molecule has 2 aliphatic rings. The molecular weight excluding hydrogens is 178 g/mol. The predicted octanol–water partition coefficient (Wildman–Crippen LogP) is -1.04. The van der Waals surface area contributed by atoms with Crippen LogP contribution < -0.4 is 5.32 Å². The van der Waals surface area contributed by atoms with Crippen LogP contribution in [0.25, 0.3) is 0 Å². The van der Waals surface area contributed by atoms with E-state index < -0.39 is 0 Å². The van der Waals surface area contributed by atoms with E-state index in [0.717, 1.165) is 38.8 Å². The third-order valence-electron chi connectivity index (χ3n) is 3.21. The summed E-state index contributed by atoms with van der Waals surface area (Å²) in [4.78, 5) is 4.92. The SMILES string of the molecule is C[C@H](O)CN1CCN(C2CNC2)CC1.